The number of alkyl carbamates (subject to hydrolysis) is 1. The SMILES string of the molecule is CC(C)[C@H](NC(=O)[C@H](C)NC(=O)OC(C)(C)C)C(=O)N1CCN(Cc2ccccc2)CC1C(=O)NC(c1ccccc1)c1ccccc1. The Labute approximate surface area is 284 Å². The maximum Gasteiger partial charge on any atom is 0.408 e. The third kappa shape index (κ3) is 10.1. The van der Waals surface area contributed by atoms with Crippen LogP contribution in [-0.4, -0.2) is 77.0 Å². The minimum absolute atomic E-state index is 0.285. The molecule has 0 spiro atoms. The van der Waals surface area contributed by atoms with Crippen LogP contribution in [0.25, 0.3) is 0 Å². The molecule has 1 aliphatic rings. The van der Waals surface area contributed by atoms with Crippen LogP contribution >= 0.6 is 0 Å². The lowest BCUT2D eigenvalue weighted by Crippen LogP contribution is -2.65. The number of hydrogen-bond acceptors (Lipinski definition) is 6. The number of hydrogen-bond donors (Lipinski definition) is 3. The van der Waals surface area contributed by atoms with E-state index in [1.807, 2.05) is 105 Å². The highest BCUT2D eigenvalue weighted by molar-refractivity contribution is 5.94. The van der Waals surface area contributed by atoms with Crippen LogP contribution in [0.4, 0.5) is 4.79 Å². The first-order valence-electron chi connectivity index (χ1n) is 16.6. The summed E-state index contributed by atoms with van der Waals surface area (Å²) in [5.41, 5.74) is 2.23. The van der Waals surface area contributed by atoms with Gasteiger partial charge < -0.3 is 25.6 Å². The van der Waals surface area contributed by atoms with E-state index in [0.717, 1.165) is 16.7 Å². The van der Waals surface area contributed by atoms with Gasteiger partial charge in [0.1, 0.15) is 23.7 Å². The molecule has 1 heterocycles. The first kappa shape index (κ1) is 36.1. The van der Waals surface area contributed by atoms with Crippen molar-refractivity contribution in [3.63, 3.8) is 0 Å². The van der Waals surface area contributed by atoms with Crippen molar-refractivity contribution in [2.24, 2.45) is 5.92 Å². The van der Waals surface area contributed by atoms with E-state index in [4.69, 9.17) is 4.74 Å². The predicted octanol–water partition coefficient (Wildman–Crippen LogP) is 4.66. The first-order valence-corrected chi connectivity index (χ1v) is 16.6. The highest BCUT2D eigenvalue weighted by Crippen LogP contribution is 2.24. The van der Waals surface area contributed by atoms with Gasteiger partial charge in [0.15, 0.2) is 0 Å². The second-order valence-corrected chi connectivity index (χ2v) is 13.6. The summed E-state index contributed by atoms with van der Waals surface area (Å²) in [6.07, 6.45) is -0.727. The molecule has 0 radical (unpaired) electrons. The van der Waals surface area contributed by atoms with Crippen LogP contribution in [0.1, 0.15) is 64.3 Å². The van der Waals surface area contributed by atoms with E-state index >= 15 is 0 Å². The Kier molecular flexibility index (Phi) is 12.4. The molecule has 0 aliphatic carbocycles. The van der Waals surface area contributed by atoms with E-state index in [2.05, 4.69) is 20.9 Å². The van der Waals surface area contributed by atoms with Crippen LogP contribution < -0.4 is 16.0 Å². The first-order chi connectivity index (χ1) is 22.8. The lowest BCUT2D eigenvalue weighted by atomic mass is 9.97. The highest BCUT2D eigenvalue weighted by atomic mass is 16.6. The van der Waals surface area contributed by atoms with Gasteiger partial charge in [0, 0.05) is 26.2 Å². The molecule has 10 heteroatoms. The number of amides is 4. The van der Waals surface area contributed by atoms with Crippen LogP contribution in [0.15, 0.2) is 91.0 Å². The molecule has 1 aliphatic heterocycles. The lowest BCUT2D eigenvalue weighted by molar-refractivity contribution is -0.148. The molecular weight excluding hydrogens is 606 g/mol. The summed E-state index contributed by atoms with van der Waals surface area (Å²) >= 11 is 0. The number of piperazine rings is 1. The van der Waals surface area contributed by atoms with E-state index < -0.39 is 41.8 Å². The van der Waals surface area contributed by atoms with E-state index in [9.17, 15) is 19.2 Å². The van der Waals surface area contributed by atoms with E-state index in [-0.39, 0.29) is 17.7 Å². The Hall–Kier alpha value is -4.70. The van der Waals surface area contributed by atoms with Crippen molar-refractivity contribution in [2.75, 3.05) is 19.6 Å². The molecule has 1 fully saturated rings. The topological polar surface area (TPSA) is 120 Å². The molecule has 0 saturated carbocycles. The molecule has 4 amide bonds. The molecule has 4 rings (SSSR count). The Bertz CT molecular complexity index is 1470. The highest BCUT2D eigenvalue weighted by Gasteiger charge is 2.40. The summed E-state index contributed by atoms with van der Waals surface area (Å²) in [5.74, 6) is -1.45. The summed E-state index contributed by atoms with van der Waals surface area (Å²) in [4.78, 5) is 58.0. The zero-order chi connectivity index (χ0) is 34.8. The van der Waals surface area contributed by atoms with Crippen molar-refractivity contribution in [3.05, 3.63) is 108 Å². The minimum Gasteiger partial charge on any atom is -0.444 e. The van der Waals surface area contributed by atoms with Crippen molar-refractivity contribution in [3.8, 4) is 0 Å². The Balaban J connectivity index is 1.58. The maximum absolute atomic E-state index is 14.3. The molecule has 10 nitrogen and oxygen atoms in total. The predicted molar refractivity (Wildman–Crippen MR) is 186 cm³/mol. The zero-order valence-electron chi connectivity index (χ0n) is 28.8. The average molecular weight is 656 g/mol. The number of ether oxygens (including phenoxy) is 1. The number of benzene rings is 3. The standard InChI is InChI=1S/C38H49N5O5/c1-26(2)32(40-34(44)27(3)39-37(47)48-38(4,5)6)36(46)43-23-22-42(24-28-16-10-7-11-17-28)25-31(43)35(45)41-33(29-18-12-8-13-19-29)30-20-14-9-15-21-30/h7-21,26-27,31-33H,22-25H2,1-6H3,(H,39,47)(H,40,44)(H,41,45)/t27-,31?,32-/m0/s1. The van der Waals surface area contributed by atoms with Gasteiger partial charge in [-0.05, 0) is 50.3 Å². The molecule has 1 saturated heterocycles. The second kappa shape index (κ2) is 16.4. The minimum atomic E-state index is -0.951. The molecule has 3 aromatic carbocycles. The van der Waals surface area contributed by atoms with E-state index in [0.29, 0.717) is 26.2 Å². The molecular formula is C38H49N5O5. The third-order valence-electron chi connectivity index (χ3n) is 8.21. The number of rotatable bonds is 11. The smallest absolute Gasteiger partial charge is 0.408 e. The number of carbonyl (C=O) groups excluding carboxylic acids is 4. The fourth-order valence-corrected chi connectivity index (χ4v) is 5.72. The number of nitrogens with zero attached hydrogens (tertiary/aromatic N) is 2. The van der Waals surface area contributed by atoms with Crippen LogP contribution in [0.5, 0.6) is 0 Å². The molecule has 256 valence electrons. The van der Waals surface area contributed by atoms with Crippen LogP contribution in [-0.2, 0) is 25.7 Å². The van der Waals surface area contributed by atoms with E-state index in [1.165, 1.54) is 6.92 Å². The van der Waals surface area contributed by atoms with Gasteiger partial charge in [-0.15, -0.1) is 0 Å². The molecule has 3 aromatic rings. The molecule has 3 atom stereocenters. The summed E-state index contributed by atoms with van der Waals surface area (Å²) in [7, 11) is 0. The van der Waals surface area contributed by atoms with Gasteiger partial charge in [0.25, 0.3) is 0 Å². The average Bonchev–Trinajstić information content (AvgIpc) is 3.05. The van der Waals surface area contributed by atoms with Crippen molar-refractivity contribution in [1.29, 1.82) is 0 Å². The number of carbonyl (C=O) groups is 4. The summed E-state index contributed by atoms with van der Waals surface area (Å²) < 4.78 is 5.29. The van der Waals surface area contributed by atoms with Gasteiger partial charge in [0.05, 0.1) is 6.04 Å². The van der Waals surface area contributed by atoms with Gasteiger partial charge in [-0.1, -0.05) is 105 Å². The summed E-state index contributed by atoms with van der Waals surface area (Å²) in [6.45, 7) is 12.2. The molecule has 0 aromatic heterocycles. The monoisotopic (exact) mass is 655 g/mol. The van der Waals surface area contributed by atoms with Gasteiger partial charge in [-0.25, -0.2) is 4.79 Å². The Morgan fingerprint density at radius 2 is 1.31 bits per heavy atom. The fraction of sp³-hybridized carbons (Fsp3) is 0.421. The van der Waals surface area contributed by atoms with Gasteiger partial charge in [-0.3, -0.25) is 19.3 Å². The lowest BCUT2D eigenvalue weighted by Gasteiger charge is -2.43. The zero-order valence-corrected chi connectivity index (χ0v) is 28.8. The van der Waals surface area contributed by atoms with Crippen molar-refractivity contribution in [1.82, 2.24) is 25.8 Å². The van der Waals surface area contributed by atoms with E-state index in [1.54, 1.807) is 25.7 Å². The third-order valence-corrected chi connectivity index (χ3v) is 8.21. The van der Waals surface area contributed by atoms with Crippen LogP contribution in [0, 0.1) is 5.92 Å². The Morgan fingerprint density at radius 1 is 0.771 bits per heavy atom. The molecule has 48 heavy (non-hydrogen) atoms. The fourth-order valence-electron chi connectivity index (χ4n) is 5.72. The van der Waals surface area contributed by atoms with Crippen molar-refractivity contribution in [2.45, 2.75) is 77.9 Å². The maximum atomic E-state index is 14.3. The molecule has 3 N–H and O–H groups in total. The molecule has 0 bridgehead atoms. The summed E-state index contributed by atoms with van der Waals surface area (Å²) in [6, 6.07) is 26.4. The normalized spacial score (nSPS) is 16.6. The molecule has 1 unspecified atom stereocenters. The Morgan fingerprint density at radius 3 is 1.83 bits per heavy atom. The van der Waals surface area contributed by atoms with Gasteiger partial charge in [0.2, 0.25) is 17.7 Å². The van der Waals surface area contributed by atoms with Gasteiger partial charge >= 0.3 is 6.09 Å². The quantitative estimate of drug-likeness (QED) is 0.277. The largest absolute Gasteiger partial charge is 0.444 e. The van der Waals surface area contributed by atoms with Crippen molar-refractivity contribution < 1.29 is 23.9 Å². The van der Waals surface area contributed by atoms with Gasteiger partial charge in [-0.2, -0.15) is 0 Å². The second-order valence-electron chi connectivity index (χ2n) is 13.6. The van der Waals surface area contributed by atoms with Crippen LogP contribution in [0.3, 0.4) is 0 Å². The van der Waals surface area contributed by atoms with Crippen molar-refractivity contribution >= 4 is 23.8 Å². The number of nitrogens with one attached hydrogen (secondary N) is 3. The van der Waals surface area contributed by atoms with Crippen LogP contribution in [0.2, 0.25) is 0 Å². The summed E-state index contributed by atoms with van der Waals surface area (Å²) in [5, 5.41) is 8.63.